The SMILES string of the molecule is CCNC(=NCCCn1cccn1)NCCNC(=O)C1CCCCC1. The van der Waals surface area contributed by atoms with E-state index in [1.165, 1.54) is 19.3 Å². The molecule has 0 radical (unpaired) electrons. The van der Waals surface area contributed by atoms with Crippen molar-refractivity contribution in [3.63, 3.8) is 0 Å². The van der Waals surface area contributed by atoms with Gasteiger partial charge in [0.1, 0.15) is 0 Å². The van der Waals surface area contributed by atoms with Gasteiger partial charge in [0.15, 0.2) is 5.96 Å². The minimum Gasteiger partial charge on any atom is -0.357 e. The highest BCUT2D eigenvalue weighted by Crippen LogP contribution is 2.23. The van der Waals surface area contributed by atoms with Gasteiger partial charge in [0, 0.05) is 51.0 Å². The average Bonchev–Trinajstić information content (AvgIpc) is 3.16. The zero-order chi connectivity index (χ0) is 17.7. The van der Waals surface area contributed by atoms with E-state index >= 15 is 0 Å². The van der Waals surface area contributed by atoms with Crippen molar-refractivity contribution in [2.75, 3.05) is 26.2 Å². The van der Waals surface area contributed by atoms with Crippen LogP contribution >= 0.6 is 0 Å². The third-order valence-electron chi connectivity index (χ3n) is 4.41. The van der Waals surface area contributed by atoms with Crippen LogP contribution in [0.25, 0.3) is 0 Å². The molecule has 1 aliphatic carbocycles. The minimum absolute atomic E-state index is 0.211. The predicted octanol–water partition coefficient (Wildman–Crippen LogP) is 1.52. The third-order valence-corrected chi connectivity index (χ3v) is 4.41. The molecule has 7 nitrogen and oxygen atoms in total. The summed E-state index contributed by atoms with van der Waals surface area (Å²) in [6.45, 7) is 5.79. The fourth-order valence-electron chi connectivity index (χ4n) is 3.07. The van der Waals surface area contributed by atoms with Crippen molar-refractivity contribution in [2.24, 2.45) is 10.9 Å². The van der Waals surface area contributed by atoms with Crippen molar-refractivity contribution in [2.45, 2.75) is 52.0 Å². The fraction of sp³-hybridized carbons (Fsp3) is 0.722. The molecule has 0 aromatic carbocycles. The monoisotopic (exact) mass is 348 g/mol. The number of aromatic nitrogens is 2. The van der Waals surface area contributed by atoms with E-state index in [1.807, 2.05) is 23.9 Å². The first-order valence-electron chi connectivity index (χ1n) is 9.57. The molecule has 1 amide bonds. The minimum atomic E-state index is 0.211. The molecule has 0 aliphatic heterocycles. The maximum atomic E-state index is 12.1. The molecule has 140 valence electrons. The van der Waals surface area contributed by atoms with Gasteiger partial charge in [-0.1, -0.05) is 19.3 Å². The molecular weight excluding hydrogens is 316 g/mol. The molecular formula is C18H32N6O. The normalized spacial score (nSPS) is 15.8. The van der Waals surface area contributed by atoms with E-state index in [2.05, 4.69) is 26.0 Å². The summed E-state index contributed by atoms with van der Waals surface area (Å²) in [6, 6.07) is 1.93. The van der Waals surface area contributed by atoms with Crippen LogP contribution in [0.3, 0.4) is 0 Å². The van der Waals surface area contributed by atoms with E-state index in [0.29, 0.717) is 13.1 Å². The Morgan fingerprint density at radius 1 is 1.20 bits per heavy atom. The van der Waals surface area contributed by atoms with Crippen LogP contribution in [0.15, 0.2) is 23.5 Å². The summed E-state index contributed by atoms with van der Waals surface area (Å²) in [7, 11) is 0. The van der Waals surface area contributed by atoms with Crippen molar-refractivity contribution in [3.8, 4) is 0 Å². The first-order chi connectivity index (χ1) is 12.3. The quantitative estimate of drug-likeness (QED) is 0.359. The molecule has 0 saturated heterocycles. The zero-order valence-electron chi connectivity index (χ0n) is 15.3. The van der Waals surface area contributed by atoms with Crippen molar-refractivity contribution in [1.29, 1.82) is 0 Å². The first-order valence-corrected chi connectivity index (χ1v) is 9.57. The highest BCUT2D eigenvalue weighted by atomic mass is 16.1. The number of nitrogens with zero attached hydrogens (tertiary/aromatic N) is 3. The number of rotatable bonds is 9. The van der Waals surface area contributed by atoms with E-state index in [9.17, 15) is 4.79 Å². The Labute approximate surface area is 150 Å². The van der Waals surface area contributed by atoms with Gasteiger partial charge in [-0.15, -0.1) is 0 Å². The molecule has 0 atom stereocenters. The van der Waals surface area contributed by atoms with E-state index in [4.69, 9.17) is 0 Å². The number of carbonyl (C=O) groups is 1. The Kier molecular flexibility index (Phi) is 8.86. The Balaban J connectivity index is 1.60. The lowest BCUT2D eigenvalue weighted by Gasteiger charge is -2.21. The molecule has 7 heteroatoms. The number of aliphatic imine (C=N–C) groups is 1. The summed E-state index contributed by atoms with van der Waals surface area (Å²) < 4.78 is 1.91. The molecule has 0 spiro atoms. The van der Waals surface area contributed by atoms with Gasteiger partial charge >= 0.3 is 0 Å². The second-order valence-electron chi connectivity index (χ2n) is 6.44. The van der Waals surface area contributed by atoms with Crippen LogP contribution in [-0.2, 0) is 11.3 Å². The molecule has 0 bridgehead atoms. The number of nitrogens with one attached hydrogen (secondary N) is 3. The number of guanidine groups is 1. The lowest BCUT2D eigenvalue weighted by atomic mass is 9.89. The molecule has 3 N–H and O–H groups in total. The summed E-state index contributed by atoms with van der Waals surface area (Å²) in [6.07, 6.45) is 10.4. The van der Waals surface area contributed by atoms with Crippen LogP contribution in [0.2, 0.25) is 0 Å². The van der Waals surface area contributed by atoms with Crippen LogP contribution in [-0.4, -0.2) is 47.8 Å². The number of hydrogen-bond acceptors (Lipinski definition) is 3. The maximum absolute atomic E-state index is 12.1. The van der Waals surface area contributed by atoms with Gasteiger partial charge in [-0.3, -0.25) is 14.5 Å². The number of amides is 1. The molecule has 1 saturated carbocycles. The molecule has 0 unspecified atom stereocenters. The first kappa shape index (κ1) is 19.3. The molecule has 1 aliphatic rings. The molecule has 2 rings (SSSR count). The Morgan fingerprint density at radius 2 is 2.00 bits per heavy atom. The van der Waals surface area contributed by atoms with Gasteiger partial charge in [-0.05, 0) is 32.3 Å². The number of carbonyl (C=O) groups excluding carboxylic acids is 1. The molecule has 1 aromatic heterocycles. The van der Waals surface area contributed by atoms with E-state index < -0.39 is 0 Å². The van der Waals surface area contributed by atoms with Crippen LogP contribution in [0.5, 0.6) is 0 Å². The van der Waals surface area contributed by atoms with Crippen LogP contribution in [0.1, 0.15) is 45.4 Å². The van der Waals surface area contributed by atoms with Gasteiger partial charge in [-0.25, -0.2) is 0 Å². The van der Waals surface area contributed by atoms with Crippen LogP contribution < -0.4 is 16.0 Å². The van der Waals surface area contributed by atoms with Gasteiger partial charge in [-0.2, -0.15) is 5.10 Å². The largest absolute Gasteiger partial charge is 0.357 e. The third kappa shape index (κ3) is 7.58. The van der Waals surface area contributed by atoms with E-state index in [1.54, 1.807) is 6.20 Å². The van der Waals surface area contributed by atoms with Crippen molar-refractivity contribution < 1.29 is 4.79 Å². The van der Waals surface area contributed by atoms with Gasteiger partial charge < -0.3 is 16.0 Å². The lowest BCUT2D eigenvalue weighted by Crippen LogP contribution is -2.42. The summed E-state index contributed by atoms with van der Waals surface area (Å²) in [4.78, 5) is 16.7. The zero-order valence-corrected chi connectivity index (χ0v) is 15.3. The Bertz CT molecular complexity index is 508. The number of hydrogen-bond donors (Lipinski definition) is 3. The summed E-state index contributed by atoms with van der Waals surface area (Å²) >= 11 is 0. The standard InChI is InChI=1S/C18H32N6O/c1-2-19-18(21-10-6-14-24-15-7-11-23-24)22-13-12-20-17(25)16-8-4-3-5-9-16/h7,11,15-16H,2-6,8-10,12-14H2,1H3,(H,20,25)(H2,19,21,22). The second kappa shape index (κ2) is 11.5. The average molecular weight is 348 g/mol. The summed E-state index contributed by atoms with van der Waals surface area (Å²) in [5.74, 6) is 1.23. The second-order valence-corrected chi connectivity index (χ2v) is 6.44. The van der Waals surface area contributed by atoms with Crippen LogP contribution in [0.4, 0.5) is 0 Å². The predicted molar refractivity (Wildman–Crippen MR) is 100 cm³/mol. The van der Waals surface area contributed by atoms with Gasteiger partial charge in [0.05, 0.1) is 0 Å². The van der Waals surface area contributed by atoms with Crippen molar-refractivity contribution in [3.05, 3.63) is 18.5 Å². The molecule has 1 aromatic rings. The highest BCUT2D eigenvalue weighted by Gasteiger charge is 2.20. The van der Waals surface area contributed by atoms with Gasteiger partial charge in [0.2, 0.25) is 5.91 Å². The maximum Gasteiger partial charge on any atom is 0.223 e. The fourth-order valence-corrected chi connectivity index (χ4v) is 3.07. The molecule has 1 fully saturated rings. The highest BCUT2D eigenvalue weighted by molar-refractivity contribution is 5.80. The summed E-state index contributed by atoms with van der Waals surface area (Å²) in [5, 5.41) is 13.7. The van der Waals surface area contributed by atoms with Crippen molar-refractivity contribution in [1.82, 2.24) is 25.7 Å². The van der Waals surface area contributed by atoms with E-state index in [-0.39, 0.29) is 11.8 Å². The van der Waals surface area contributed by atoms with Gasteiger partial charge in [0.25, 0.3) is 0 Å². The van der Waals surface area contributed by atoms with Crippen molar-refractivity contribution >= 4 is 11.9 Å². The lowest BCUT2D eigenvalue weighted by molar-refractivity contribution is -0.125. The Hall–Kier alpha value is -2.05. The number of aryl methyl sites for hydroxylation is 1. The molecule has 25 heavy (non-hydrogen) atoms. The smallest absolute Gasteiger partial charge is 0.223 e. The Morgan fingerprint density at radius 3 is 2.72 bits per heavy atom. The topological polar surface area (TPSA) is 83.3 Å². The van der Waals surface area contributed by atoms with E-state index in [0.717, 1.165) is 44.9 Å². The summed E-state index contributed by atoms with van der Waals surface area (Å²) in [5.41, 5.74) is 0. The van der Waals surface area contributed by atoms with Crippen LogP contribution in [0, 0.1) is 5.92 Å². The molecule has 1 heterocycles.